The van der Waals surface area contributed by atoms with Gasteiger partial charge in [0.1, 0.15) is 5.82 Å². The summed E-state index contributed by atoms with van der Waals surface area (Å²) in [6, 6.07) is -0.759. The molecule has 2 saturated heterocycles. The van der Waals surface area contributed by atoms with Crippen LogP contribution in [0.4, 0.5) is 13.9 Å². The molecule has 9 heteroatoms. The van der Waals surface area contributed by atoms with Crippen LogP contribution in [0.3, 0.4) is 0 Å². The molecule has 0 saturated carbocycles. The molecule has 1 aromatic rings. The van der Waals surface area contributed by atoms with Gasteiger partial charge in [0.25, 0.3) is 5.92 Å². The molecule has 1 aromatic heterocycles. The molecule has 0 aromatic carbocycles. The first-order valence-corrected chi connectivity index (χ1v) is 8.73. The molecule has 2 aliphatic rings. The molecule has 128 valence electrons. The summed E-state index contributed by atoms with van der Waals surface area (Å²) in [6.45, 7) is 4.19. The number of alkyl halides is 2. The minimum Gasteiger partial charge on any atom is -0.345 e. The van der Waals surface area contributed by atoms with E-state index in [1.54, 1.807) is 4.90 Å². The Morgan fingerprint density at radius 2 is 2.22 bits per heavy atom. The molecule has 1 amide bonds. The summed E-state index contributed by atoms with van der Waals surface area (Å²) < 4.78 is 30.8. The van der Waals surface area contributed by atoms with Crippen LogP contribution in [0.5, 0.6) is 0 Å². The Balaban J connectivity index is 1.59. The molecule has 1 N–H and O–H groups in total. The van der Waals surface area contributed by atoms with Crippen LogP contribution in [0, 0.1) is 0 Å². The Bertz CT molecular complexity index is 567. The first-order chi connectivity index (χ1) is 11.0. The van der Waals surface area contributed by atoms with Gasteiger partial charge in [-0.2, -0.15) is 4.37 Å². The number of anilines is 1. The molecule has 0 spiro atoms. The molecule has 0 radical (unpaired) electrons. The molecule has 2 fully saturated rings. The minimum atomic E-state index is -2.78. The molecule has 1 atom stereocenters. The van der Waals surface area contributed by atoms with Gasteiger partial charge in [0, 0.05) is 50.6 Å². The van der Waals surface area contributed by atoms with Crippen LogP contribution in [-0.2, 0) is 11.2 Å². The minimum absolute atomic E-state index is 0.212. The lowest BCUT2D eigenvalue weighted by Crippen LogP contribution is -2.45. The van der Waals surface area contributed by atoms with Crippen molar-refractivity contribution in [2.24, 2.45) is 0 Å². The molecule has 1 unspecified atom stereocenters. The normalized spacial score (nSPS) is 24.7. The van der Waals surface area contributed by atoms with Crippen LogP contribution in [0.15, 0.2) is 0 Å². The average Bonchev–Trinajstić information content (AvgIpc) is 3.06. The highest BCUT2D eigenvalue weighted by Crippen LogP contribution is 2.26. The molecule has 23 heavy (non-hydrogen) atoms. The maximum absolute atomic E-state index is 13.3. The van der Waals surface area contributed by atoms with Gasteiger partial charge in [-0.25, -0.2) is 13.8 Å². The van der Waals surface area contributed by atoms with Crippen molar-refractivity contribution in [1.82, 2.24) is 19.6 Å². The number of halogens is 2. The van der Waals surface area contributed by atoms with Crippen molar-refractivity contribution in [3.63, 3.8) is 0 Å². The van der Waals surface area contributed by atoms with Gasteiger partial charge < -0.3 is 9.80 Å². The fraction of sp³-hybridized carbons (Fsp3) is 0.786. The number of amides is 1. The first kappa shape index (κ1) is 16.5. The molecule has 3 rings (SSSR count). The number of nitrogens with zero attached hydrogens (tertiary/aromatic N) is 4. The number of nitrogens with one attached hydrogen (secondary N) is 1. The van der Waals surface area contributed by atoms with Gasteiger partial charge in [-0.05, 0) is 6.42 Å². The van der Waals surface area contributed by atoms with Crippen LogP contribution in [0.2, 0.25) is 0 Å². The number of carbonyl (C=O) groups excluding carboxylic acids is 1. The predicted molar refractivity (Wildman–Crippen MR) is 84.1 cm³/mol. The van der Waals surface area contributed by atoms with E-state index < -0.39 is 24.9 Å². The van der Waals surface area contributed by atoms with Gasteiger partial charge in [-0.3, -0.25) is 10.1 Å². The molecular formula is C14H21F2N5OS. The maximum Gasteiger partial charge on any atom is 0.262 e. The monoisotopic (exact) mass is 345 g/mol. The summed E-state index contributed by atoms with van der Waals surface area (Å²) in [4.78, 5) is 20.7. The average molecular weight is 345 g/mol. The molecule has 6 nitrogen and oxygen atoms in total. The second-order valence-corrected chi connectivity index (χ2v) is 6.74. The highest BCUT2D eigenvalue weighted by atomic mass is 32.1. The Morgan fingerprint density at radius 1 is 1.39 bits per heavy atom. The lowest BCUT2D eigenvalue weighted by molar-refractivity contribution is -0.133. The van der Waals surface area contributed by atoms with Gasteiger partial charge >= 0.3 is 0 Å². The third-order valence-electron chi connectivity index (χ3n) is 4.26. The van der Waals surface area contributed by atoms with Crippen LogP contribution in [0.1, 0.15) is 25.6 Å². The van der Waals surface area contributed by atoms with Crippen molar-refractivity contribution in [2.45, 2.75) is 38.2 Å². The number of aromatic nitrogens is 2. The second-order valence-electron chi connectivity index (χ2n) is 6.01. The topological polar surface area (TPSA) is 61.4 Å². The molecule has 0 bridgehead atoms. The number of hydrogen-bond acceptors (Lipinski definition) is 6. The molecular weight excluding hydrogens is 324 g/mol. The second kappa shape index (κ2) is 6.64. The maximum atomic E-state index is 13.3. The van der Waals surface area contributed by atoms with E-state index in [9.17, 15) is 13.6 Å². The number of aryl methyl sites for hydroxylation is 1. The van der Waals surface area contributed by atoms with E-state index in [1.165, 1.54) is 11.5 Å². The van der Waals surface area contributed by atoms with Crippen molar-refractivity contribution < 1.29 is 13.6 Å². The van der Waals surface area contributed by atoms with E-state index in [4.69, 9.17) is 0 Å². The standard InChI is InChI=1S/C14H21F2N5OS/c1-2-11-18-13(23-19-11)21-5-3-4-20(6-7-21)12(22)10-8-14(15,16)9-17-10/h10,17H,2-9H2,1H3. The largest absolute Gasteiger partial charge is 0.345 e. The van der Waals surface area contributed by atoms with Crippen molar-refractivity contribution in [1.29, 1.82) is 0 Å². The van der Waals surface area contributed by atoms with Crippen molar-refractivity contribution in [3.05, 3.63) is 5.82 Å². The van der Waals surface area contributed by atoms with Crippen LogP contribution >= 0.6 is 11.5 Å². The number of carbonyl (C=O) groups is 1. The van der Waals surface area contributed by atoms with Crippen molar-refractivity contribution in [3.8, 4) is 0 Å². The van der Waals surface area contributed by atoms with E-state index in [-0.39, 0.29) is 5.91 Å². The zero-order valence-electron chi connectivity index (χ0n) is 13.1. The number of rotatable bonds is 3. The van der Waals surface area contributed by atoms with Gasteiger partial charge in [-0.15, -0.1) is 0 Å². The fourth-order valence-corrected chi connectivity index (χ4v) is 3.76. The van der Waals surface area contributed by atoms with Gasteiger partial charge in [0.05, 0.1) is 12.6 Å². The van der Waals surface area contributed by atoms with Gasteiger partial charge in [0.15, 0.2) is 0 Å². The highest BCUT2D eigenvalue weighted by Gasteiger charge is 2.43. The molecule has 0 aliphatic carbocycles. The summed E-state index contributed by atoms with van der Waals surface area (Å²) in [6.07, 6.45) is 1.20. The summed E-state index contributed by atoms with van der Waals surface area (Å²) in [7, 11) is 0. The van der Waals surface area contributed by atoms with E-state index in [0.29, 0.717) is 19.6 Å². The van der Waals surface area contributed by atoms with E-state index in [2.05, 4.69) is 19.6 Å². The SMILES string of the molecule is CCc1nsc(N2CCCN(C(=O)C3CC(F)(F)CN3)CC2)n1. The summed E-state index contributed by atoms with van der Waals surface area (Å²) >= 11 is 1.37. The third-order valence-corrected chi connectivity index (χ3v) is 5.07. The Labute approximate surface area is 138 Å². The highest BCUT2D eigenvalue weighted by molar-refractivity contribution is 7.09. The summed E-state index contributed by atoms with van der Waals surface area (Å²) in [5, 5.41) is 3.52. The van der Waals surface area contributed by atoms with Crippen LogP contribution < -0.4 is 10.2 Å². The van der Waals surface area contributed by atoms with Crippen molar-refractivity contribution >= 4 is 22.6 Å². The van der Waals surface area contributed by atoms with E-state index >= 15 is 0 Å². The van der Waals surface area contributed by atoms with Gasteiger partial charge in [0.2, 0.25) is 11.0 Å². The van der Waals surface area contributed by atoms with Gasteiger partial charge in [-0.1, -0.05) is 6.92 Å². The van der Waals surface area contributed by atoms with E-state index in [1.807, 2.05) is 6.92 Å². The summed E-state index contributed by atoms with van der Waals surface area (Å²) in [5.41, 5.74) is 0. The lowest BCUT2D eigenvalue weighted by Gasteiger charge is -2.24. The first-order valence-electron chi connectivity index (χ1n) is 7.96. The Hall–Kier alpha value is -1.35. The number of hydrogen-bond donors (Lipinski definition) is 1. The third kappa shape index (κ3) is 3.77. The van der Waals surface area contributed by atoms with Crippen LogP contribution in [0.25, 0.3) is 0 Å². The fourth-order valence-electron chi connectivity index (χ4n) is 2.96. The van der Waals surface area contributed by atoms with Crippen molar-refractivity contribution in [2.75, 3.05) is 37.6 Å². The smallest absolute Gasteiger partial charge is 0.262 e. The molecule has 3 heterocycles. The quantitative estimate of drug-likeness (QED) is 0.890. The van der Waals surface area contributed by atoms with E-state index in [0.717, 1.165) is 30.3 Å². The van der Waals surface area contributed by atoms with Crippen LogP contribution in [-0.4, -0.2) is 64.9 Å². The summed E-state index contributed by atoms with van der Waals surface area (Å²) in [5.74, 6) is -2.16. The predicted octanol–water partition coefficient (Wildman–Crippen LogP) is 1.14. The Kier molecular flexibility index (Phi) is 4.77. The zero-order valence-corrected chi connectivity index (χ0v) is 13.9. The zero-order chi connectivity index (χ0) is 16.4. The lowest BCUT2D eigenvalue weighted by atomic mass is 10.1. The Morgan fingerprint density at radius 3 is 2.87 bits per heavy atom. The molecule has 2 aliphatic heterocycles.